The number of carbonyl (C=O) groups is 1. The third-order valence-corrected chi connectivity index (χ3v) is 4.56. The second-order valence-corrected chi connectivity index (χ2v) is 6.68. The quantitative estimate of drug-likeness (QED) is 0.388. The van der Waals surface area contributed by atoms with Gasteiger partial charge in [-0.05, 0) is 18.2 Å². The lowest BCUT2D eigenvalue weighted by Gasteiger charge is -2.07. The molecule has 4 aromatic heterocycles. The molecule has 1 amide bonds. The summed E-state index contributed by atoms with van der Waals surface area (Å²) < 4.78 is 9.01. The van der Waals surface area contributed by atoms with Crippen molar-refractivity contribution in [1.82, 2.24) is 44.9 Å². The summed E-state index contributed by atoms with van der Waals surface area (Å²) in [6, 6.07) is 16.4. The predicted octanol–water partition coefficient (Wildman–Crippen LogP) is 1.58. The van der Waals surface area contributed by atoms with Gasteiger partial charge in [0.2, 0.25) is 5.88 Å². The van der Waals surface area contributed by atoms with Gasteiger partial charge in [-0.2, -0.15) is 4.52 Å². The van der Waals surface area contributed by atoms with Crippen molar-refractivity contribution in [1.29, 1.82) is 0 Å². The monoisotopic (exact) mass is 427 g/mol. The molecule has 1 aromatic carbocycles. The fraction of sp³-hybridized carbons (Fsp3) is 0.0952. The maximum atomic E-state index is 12.3. The smallest absolute Gasteiger partial charge is 0.271 e. The summed E-state index contributed by atoms with van der Waals surface area (Å²) in [5.41, 5.74) is 1.73. The molecular formula is C21H17N9O2. The minimum Gasteiger partial charge on any atom is -0.475 e. The highest BCUT2D eigenvalue weighted by Gasteiger charge is 2.11. The highest BCUT2D eigenvalue weighted by molar-refractivity contribution is 5.92. The van der Waals surface area contributed by atoms with Gasteiger partial charge in [-0.1, -0.05) is 30.3 Å². The zero-order chi connectivity index (χ0) is 21.8. The van der Waals surface area contributed by atoms with Crippen molar-refractivity contribution in [2.24, 2.45) is 0 Å². The molecule has 0 bridgehead atoms. The lowest BCUT2D eigenvalue weighted by molar-refractivity contribution is 0.0940. The van der Waals surface area contributed by atoms with Gasteiger partial charge in [0.25, 0.3) is 5.91 Å². The molecule has 0 aliphatic heterocycles. The number of aromatic nitrogens is 8. The van der Waals surface area contributed by atoms with Crippen molar-refractivity contribution < 1.29 is 9.53 Å². The Bertz CT molecular complexity index is 1330. The summed E-state index contributed by atoms with van der Waals surface area (Å²) in [4.78, 5) is 16.2. The van der Waals surface area contributed by atoms with Crippen LogP contribution in [0.5, 0.6) is 5.88 Å². The van der Waals surface area contributed by atoms with Gasteiger partial charge in [0, 0.05) is 24.0 Å². The van der Waals surface area contributed by atoms with E-state index >= 15 is 0 Å². The van der Waals surface area contributed by atoms with Crippen LogP contribution in [0.25, 0.3) is 22.9 Å². The van der Waals surface area contributed by atoms with E-state index in [1.807, 2.05) is 30.3 Å². The van der Waals surface area contributed by atoms with Gasteiger partial charge in [0.15, 0.2) is 23.0 Å². The molecule has 0 atom stereocenters. The Morgan fingerprint density at radius 1 is 0.969 bits per heavy atom. The maximum Gasteiger partial charge on any atom is 0.271 e. The molecule has 0 saturated carbocycles. The van der Waals surface area contributed by atoms with Crippen molar-refractivity contribution in [3.8, 4) is 23.1 Å². The summed E-state index contributed by atoms with van der Waals surface area (Å²) in [6.45, 7) is 0.505. The van der Waals surface area contributed by atoms with Crippen molar-refractivity contribution in [2.45, 2.75) is 0 Å². The third-order valence-electron chi connectivity index (χ3n) is 4.56. The van der Waals surface area contributed by atoms with Gasteiger partial charge in [-0.15, -0.1) is 25.5 Å². The molecule has 0 saturated heterocycles. The number of rotatable bonds is 7. The molecule has 4 heterocycles. The highest BCUT2D eigenvalue weighted by atomic mass is 16.5. The first-order valence-electron chi connectivity index (χ1n) is 9.79. The maximum absolute atomic E-state index is 12.3. The number of imidazole rings is 1. The number of hydrogen-bond donors (Lipinski definition) is 1. The number of nitrogens with zero attached hydrogens (tertiary/aromatic N) is 8. The normalized spacial score (nSPS) is 10.9. The van der Waals surface area contributed by atoms with Crippen LogP contribution in [0.1, 0.15) is 10.5 Å². The molecule has 0 unspecified atom stereocenters. The van der Waals surface area contributed by atoms with Crippen LogP contribution in [0, 0.1) is 0 Å². The van der Waals surface area contributed by atoms with E-state index in [-0.39, 0.29) is 24.8 Å². The van der Waals surface area contributed by atoms with Gasteiger partial charge in [0.1, 0.15) is 12.9 Å². The number of amides is 1. The summed E-state index contributed by atoms with van der Waals surface area (Å²) in [5, 5.41) is 23.5. The van der Waals surface area contributed by atoms with E-state index in [2.05, 4.69) is 35.8 Å². The van der Waals surface area contributed by atoms with Crippen molar-refractivity contribution >= 4 is 11.6 Å². The minimum atomic E-state index is -0.341. The Morgan fingerprint density at radius 3 is 2.66 bits per heavy atom. The molecular weight excluding hydrogens is 410 g/mol. The van der Waals surface area contributed by atoms with Crippen LogP contribution in [0.15, 0.2) is 73.3 Å². The molecule has 5 aromatic rings. The summed E-state index contributed by atoms with van der Waals surface area (Å²) in [5.74, 6) is 1.25. The number of nitrogens with one attached hydrogen (secondary N) is 1. The Hall–Kier alpha value is -4.67. The molecule has 0 aliphatic rings. The molecule has 11 heteroatoms. The van der Waals surface area contributed by atoms with Crippen molar-refractivity contribution in [2.75, 3.05) is 13.2 Å². The molecule has 32 heavy (non-hydrogen) atoms. The van der Waals surface area contributed by atoms with Gasteiger partial charge < -0.3 is 10.1 Å². The first kappa shape index (κ1) is 19.3. The molecule has 1 N–H and O–H groups in total. The topological polar surface area (TPSA) is 125 Å². The Labute approximate surface area is 181 Å². The van der Waals surface area contributed by atoms with E-state index in [0.29, 0.717) is 23.2 Å². The van der Waals surface area contributed by atoms with E-state index in [9.17, 15) is 4.79 Å². The molecule has 0 fully saturated rings. The van der Waals surface area contributed by atoms with Crippen LogP contribution in [0.3, 0.4) is 0 Å². The van der Waals surface area contributed by atoms with Crippen molar-refractivity contribution in [3.63, 3.8) is 0 Å². The van der Waals surface area contributed by atoms with E-state index < -0.39 is 0 Å². The lowest BCUT2D eigenvalue weighted by atomic mass is 10.2. The largest absolute Gasteiger partial charge is 0.475 e. The van der Waals surface area contributed by atoms with Gasteiger partial charge in [0.05, 0.1) is 6.54 Å². The van der Waals surface area contributed by atoms with Gasteiger partial charge in [-0.25, -0.2) is 4.98 Å². The van der Waals surface area contributed by atoms with Crippen LogP contribution < -0.4 is 10.1 Å². The minimum absolute atomic E-state index is 0.213. The van der Waals surface area contributed by atoms with E-state index in [0.717, 1.165) is 5.56 Å². The predicted molar refractivity (Wildman–Crippen MR) is 113 cm³/mol. The second-order valence-electron chi connectivity index (χ2n) is 6.68. The first-order chi connectivity index (χ1) is 15.8. The SMILES string of the molecule is O=C(NCCOc1ccc2nnc(-c3ccccc3)n2n1)c1ccc(-n2ccnc2)nn1. The molecule has 5 rings (SSSR count). The van der Waals surface area contributed by atoms with Crippen LogP contribution in [0.2, 0.25) is 0 Å². The molecule has 0 aliphatic carbocycles. The summed E-state index contributed by atoms with van der Waals surface area (Å²) in [7, 11) is 0. The summed E-state index contributed by atoms with van der Waals surface area (Å²) >= 11 is 0. The third kappa shape index (κ3) is 3.99. The lowest BCUT2D eigenvalue weighted by Crippen LogP contribution is -2.29. The highest BCUT2D eigenvalue weighted by Crippen LogP contribution is 2.18. The number of hydrogen-bond acceptors (Lipinski definition) is 8. The number of carbonyl (C=O) groups excluding carboxylic acids is 1. The molecule has 158 valence electrons. The average Bonchev–Trinajstić information content (AvgIpc) is 3.52. The van der Waals surface area contributed by atoms with E-state index in [4.69, 9.17) is 4.74 Å². The zero-order valence-electron chi connectivity index (χ0n) is 16.7. The standard InChI is InChI=1S/C21H17N9O2/c31-21(16-6-7-17(25-24-16)29-12-10-22-14-29)23-11-13-32-19-9-8-18-26-27-20(30(18)28-19)15-4-2-1-3-5-15/h1-10,12,14H,11,13H2,(H,23,31). The first-order valence-corrected chi connectivity index (χ1v) is 9.79. The number of benzene rings is 1. The Kier molecular flexibility index (Phi) is 5.19. The molecule has 0 spiro atoms. The van der Waals surface area contributed by atoms with Crippen molar-refractivity contribution in [3.05, 3.63) is 79.0 Å². The Balaban J connectivity index is 1.18. The average molecular weight is 427 g/mol. The van der Waals surface area contributed by atoms with E-state index in [1.54, 1.807) is 52.1 Å². The van der Waals surface area contributed by atoms with Gasteiger partial charge in [-0.3, -0.25) is 9.36 Å². The number of fused-ring (bicyclic) bond motifs is 1. The van der Waals surface area contributed by atoms with Crippen LogP contribution in [-0.4, -0.2) is 58.6 Å². The van der Waals surface area contributed by atoms with Crippen LogP contribution in [0.4, 0.5) is 0 Å². The molecule has 0 radical (unpaired) electrons. The van der Waals surface area contributed by atoms with Crippen LogP contribution >= 0.6 is 0 Å². The fourth-order valence-electron chi connectivity index (χ4n) is 3.01. The van der Waals surface area contributed by atoms with Crippen LogP contribution in [-0.2, 0) is 0 Å². The zero-order valence-corrected chi connectivity index (χ0v) is 16.7. The second kappa shape index (κ2) is 8.60. The molecule has 11 nitrogen and oxygen atoms in total. The van der Waals surface area contributed by atoms with Gasteiger partial charge >= 0.3 is 0 Å². The summed E-state index contributed by atoms with van der Waals surface area (Å²) in [6.07, 6.45) is 4.99. The van der Waals surface area contributed by atoms with E-state index in [1.165, 1.54) is 0 Å². The number of ether oxygens (including phenoxy) is 1. The Morgan fingerprint density at radius 2 is 1.88 bits per heavy atom. The fourth-order valence-corrected chi connectivity index (χ4v) is 3.01.